The van der Waals surface area contributed by atoms with E-state index >= 15 is 0 Å². The number of hydrogen-bond acceptors (Lipinski definition) is 6. The van der Waals surface area contributed by atoms with Gasteiger partial charge in [0.05, 0.1) is 11.4 Å². The quantitative estimate of drug-likeness (QED) is 0.899. The van der Waals surface area contributed by atoms with Gasteiger partial charge in [0, 0.05) is 11.4 Å². The van der Waals surface area contributed by atoms with E-state index in [9.17, 15) is 0 Å². The molecular weight excluding hydrogens is 343 g/mol. The van der Waals surface area contributed by atoms with Crippen molar-refractivity contribution in [3.05, 3.63) is 22.9 Å². The van der Waals surface area contributed by atoms with Gasteiger partial charge in [0.2, 0.25) is 11.7 Å². The minimum atomic E-state index is 0. The average molecular weight is 365 g/mol. The van der Waals surface area contributed by atoms with Crippen molar-refractivity contribution in [3.8, 4) is 10.7 Å². The molecule has 2 N–H and O–H groups in total. The van der Waals surface area contributed by atoms with Gasteiger partial charge in [-0.1, -0.05) is 18.0 Å². The van der Waals surface area contributed by atoms with Gasteiger partial charge in [-0.3, -0.25) is 4.90 Å². The Balaban J connectivity index is 0.00000121. The van der Waals surface area contributed by atoms with Crippen LogP contribution >= 0.6 is 36.2 Å². The SMILES string of the molecule is Cl.Cl.NCc1nc(-c2ccc(CN3CCCCCC3)s2)no1. The highest BCUT2D eigenvalue weighted by Crippen LogP contribution is 2.27. The van der Waals surface area contributed by atoms with Crippen molar-refractivity contribution in [1.29, 1.82) is 0 Å². The van der Waals surface area contributed by atoms with Crippen LogP contribution in [0.3, 0.4) is 0 Å². The predicted molar refractivity (Wildman–Crippen MR) is 93.7 cm³/mol. The second-order valence-corrected chi connectivity index (χ2v) is 6.34. The van der Waals surface area contributed by atoms with E-state index in [-0.39, 0.29) is 24.8 Å². The largest absolute Gasteiger partial charge is 0.338 e. The number of aromatic nitrogens is 2. The first-order valence-corrected chi connectivity index (χ1v) is 8.01. The number of rotatable bonds is 4. The summed E-state index contributed by atoms with van der Waals surface area (Å²) >= 11 is 1.74. The highest BCUT2D eigenvalue weighted by molar-refractivity contribution is 7.15. The fourth-order valence-corrected chi connectivity index (χ4v) is 3.51. The van der Waals surface area contributed by atoms with Crippen molar-refractivity contribution in [2.45, 2.75) is 38.8 Å². The highest BCUT2D eigenvalue weighted by atomic mass is 35.5. The van der Waals surface area contributed by atoms with Crippen LogP contribution in [0.25, 0.3) is 10.7 Å². The summed E-state index contributed by atoms with van der Waals surface area (Å²) in [6.45, 7) is 3.75. The first-order chi connectivity index (χ1) is 9.85. The number of likely N-dealkylation sites (tertiary alicyclic amines) is 1. The van der Waals surface area contributed by atoms with E-state index in [4.69, 9.17) is 10.3 Å². The molecule has 0 radical (unpaired) electrons. The van der Waals surface area contributed by atoms with Gasteiger partial charge in [0.25, 0.3) is 0 Å². The maximum atomic E-state index is 5.49. The molecule has 124 valence electrons. The third-order valence-corrected chi connectivity index (χ3v) is 4.67. The molecule has 3 heterocycles. The summed E-state index contributed by atoms with van der Waals surface area (Å²) in [5, 5.41) is 3.96. The molecule has 0 saturated carbocycles. The Morgan fingerprint density at radius 2 is 1.86 bits per heavy atom. The van der Waals surface area contributed by atoms with Gasteiger partial charge in [-0.15, -0.1) is 36.2 Å². The van der Waals surface area contributed by atoms with Crippen LogP contribution in [0.1, 0.15) is 36.5 Å². The maximum absolute atomic E-state index is 5.49. The molecule has 8 heteroatoms. The van der Waals surface area contributed by atoms with Crippen molar-refractivity contribution in [2.75, 3.05) is 13.1 Å². The van der Waals surface area contributed by atoms with Crippen molar-refractivity contribution in [3.63, 3.8) is 0 Å². The van der Waals surface area contributed by atoms with E-state index in [1.165, 1.54) is 43.6 Å². The second-order valence-electron chi connectivity index (χ2n) is 5.17. The minimum absolute atomic E-state index is 0. The van der Waals surface area contributed by atoms with Crippen LogP contribution in [0, 0.1) is 0 Å². The van der Waals surface area contributed by atoms with E-state index in [1.807, 2.05) is 0 Å². The zero-order valence-electron chi connectivity index (χ0n) is 12.4. The van der Waals surface area contributed by atoms with Crippen LogP contribution in [0.15, 0.2) is 16.7 Å². The summed E-state index contributed by atoms with van der Waals surface area (Å²) in [5.41, 5.74) is 5.49. The third-order valence-electron chi connectivity index (χ3n) is 3.60. The monoisotopic (exact) mass is 364 g/mol. The molecule has 2 aromatic rings. The molecule has 1 aliphatic rings. The lowest BCUT2D eigenvalue weighted by molar-refractivity contribution is 0.279. The molecule has 3 rings (SSSR count). The Morgan fingerprint density at radius 3 is 2.50 bits per heavy atom. The maximum Gasteiger partial charge on any atom is 0.240 e. The van der Waals surface area contributed by atoms with Gasteiger partial charge in [-0.2, -0.15) is 4.98 Å². The fraction of sp³-hybridized carbons (Fsp3) is 0.571. The number of nitrogens with zero attached hydrogens (tertiary/aromatic N) is 3. The van der Waals surface area contributed by atoms with E-state index in [0.717, 1.165) is 11.4 Å². The molecule has 0 aromatic carbocycles. The van der Waals surface area contributed by atoms with Crippen LogP contribution in [-0.4, -0.2) is 28.1 Å². The molecule has 2 aromatic heterocycles. The summed E-state index contributed by atoms with van der Waals surface area (Å²) < 4.78 is 5.05. The van der Waals surface area contributed by atoms with Gasteiger partial charge >= 0.3 is 0 Å². The Hall–Kier alpha value is -0.660. The lowest BCUT2D eigenvalue weighted by Gasteiger charge is -2.18. The van der Waals surface area contributed by atoms with Gasteiger partial charge in [0.15, 0.2) is 0 Å². The fourth-order valence-electron chi connectivity index (χ4n) is 2.54. The van der Waals surface area contributed by atoms with Crippen LogP contribution in [0.2, 0.25) is 0 Å². The zero-order chi connectivity index (χ0) is 13.8. The van der Waals surface area contributed by atoms with Crippen LogP contribution in [0.4, 0.5) is 0 Å². The van der Waals surface area contributed by atoms with E-state index < -0.39 is 0 Å². The smallest absolute Gasteiger partial charge is 0.240 e. The summed E-state index contributed by atoms with van der Waals surface area (Å²) in [4.78, 5) is 9.23. The number of hydrogen-bond donors (Lipinski definition) is 1. The topological polar surface area (TPSA) is 68.2 Å². The molecule has 0 unspecified atom stereocenters. The Morgan fingerprint density at radius 1 is 1.14 bits per heavy atom. The van der Waals surface area contributed by atoms with Crippen molar-refractivity contribution < 1.29 is 4.52 Å². The molecule has 1 fully saturated rings. The molecule has 5 nitrogen and oxygen atoms in total. The zero-order valence-corrected chi connectivity index (χ0v) is 14.8. The minimum Gasteiger partial charge on any atom is -0.338 e. The molecule has 1 saturated heterocycles. The molecule has 22 heavy (non-hydrogen) atoms. The Kier molecular flexibility index (Phi) is 8.35. The molecule has 0 amide bonds. The number of halogens is 2. The standard InChI is InChI=1S/C14H20N4OS.2ClH/c15-9-13-16-14(17-19-13)12-6-5-11(20-12)10-18-7-3-1-2-4-8-18;;/h5-6H,1-4,7-10,15H2;2*1H. The van der Waals surface area contributed by atoms with E-state index in [0.29, 0.717) is 18.3 Å². The summed E-state index contributed by atoms with van der Waals surface area (Å²) in [7, 11) is 0. The lowest BCUT2D eigenvalue weighted by atomic mass is 10.2. The summed E-state index contributed by atoms with van der Waals surface area (Å²) in [5.74, 6) is 1.14. The van der Waals surface area contributed by atoms with Crippen LogP contribution < -0.4 is 5.73 Å². The van der Waals surface area contributed by atoms with Gasteiger partial charge in [-0.25, -0.2) is 0 Å². The van der Waals surface area contributed by atoms with Crippen molar-refractivity contribution in [2.24, 2.45) is 5.73 Å². The molecule has 1 aliphatic heterocycles. The lowest BCUT2D eigenvalue weighted by Crippen LogP contribution is -2.23. The van der Waals surface area contributed by atoms with Gasteiger partial charge in [0.1, 0.15) is 0 Å². The van der Waals surface area contributed by atoms with Gasteiger partial charge in [-0.05, 0) is 38.1 Å². The average Bonchev–Trinajstić information content (AvgIpc) is 3.04. The van der Waals surface area contributed by atoms with Crippen molar-refractivity contribution in [1.82, 2.24) is 15.0 Å². The first kappa shape index (κ1) is 19.4. The number of nitrogens with two attached hydrogens (primary N) is 1. The Labute approximate surface area is 147 Å². The van der Waals surface area contributed by atoms with E-state index in [2.05, 4.69) is 27.2 Å². The van der Waals surface area contributed by atoms with Crippen LogP contribution in [-0.2, 0) is 13.1 Å². The summed E-state index contributed by atoms with van der Waals surface area (Å²) in [6.07, 6.45) is 5.39. The second kappa shape index (κ2) is 9.47. The molecule has 0 atom stereocenters. The third kappa shape index (κ3) is 4.93. The first-order valence-electron chi connectivity index (χ1n) is 7.19. The summed E-state index contributed by atoms with van der Waals surface area (Å²) in [6, 6.07) is 4.24. The predicted octanol–water partition coefficient (Wildman–Crippen LogP) is 3.48. The molecular formula is C14H22Cl2N4OS. The number of thiophene rings is 1. The van der Waals surface area contributed by atoms with Gasteiger partial charge < -0.3 is 10.3 Å². The normalized spacial score (nSPS) is 15.7. The van der Waals surface area contributed by atoms with E-state index in [1.54, 1.807) is 11.3 Å². The molecule has 0 bridgehead atoms. The van der Waals surface area contributed by atoms with Crippen LogP contribution in [0.5, 0.6) is 0 Å². The highest BCUT2D eigenvalue weighted by Gasteiger charge is 2.13. The van der Waals surface area contributed by atoms with Crippen molar-refractivity contribution >= 4 is 36.2 Å². The Bertz CT molecular complexity index is 553. The molecule has 0 aliphatic carbocycles. The molecule has 0 spiro atoms.